The number of nitrogens with two attached hydrogens (primary N) is 1. The zero-order valence-corrected chi connectivity index (χ0v) is 15.1. The lowest BCUT2D eigenvalue weighted by Gasteiger charge is -2.05. The van der Waals surface area contributed by atoms with Crippen molar-refractivity contribution in [3.63, 3.8) is 0 Å². The molecule has 26 heavy (non-hydrogen) atoms. The van der Waals surface area contributed by atoms with E-state index < -0.39 is 0 Å². The highest BCUT2D eigenvalue weighted by atomic mass is 15.3. The number of aromatic amines is 1. The van der Waals surface area contributed by atoms with Gasteiger partial charge in [-0.2, -0.15) is 5.10 Å². The molecule has 0 unspecified atom stereocenters. The van der Waals surface area contributed by atoms with Crippen molar-refractivity contribution in [2.75, 3.05) is 5.73 Å². The highest BCUT2D eigenvalue weighted by Crippen LogP contribution is 2.30. The van der Waals surface area contributed by atoms with Crippen LogP contribution in [0.25, 0.3) is 33.4 Å². The first-order chi connectivity index (χ1) is 12.5. The molecule has 4 aromatic heterocycles. The summed E-state index contributed by atoms with van der Waals surface area (Å²) in [6.45, 7) is 6.26. The molecule has 0 radical (unpaired) electrons. The standard InChI is InChI=1S/C19H21N7/c1-4-14-6-17(25-19(20)24-14)16-9-22-18-15(16)5-12(7-21-18)13-8-23-26(10-13)11(2)3/h5-11H,4H2,1-3H3,(H,21,22)(H2,20,24,25). The van der Waals surface area contributed by atoms with E-state index in [1.54, 1.807) is 0 Å². The maximum absolute atomic E-state index is 5.88. The fourth-order valence-electron chi connectivity index (χ4n) is 2.98. The Kier molecular flexibility index (Phi) is 3.91. The normalized spacial score (nSPS) is 11.5. The van der Waals surface area contributed by atoms with Crippen LogP contribution in [0.2, 0.25) is 0 Å². The quantitative estimate of drug-likeness (QED) is 0.587. The summed E-state index contributed by atoms with van der Waals surface area (Å²) in [6, 6.07) is 4.40. The number of aromatic nitrogens is 6. The number of H-pyrrole nitrogens is 1. The first kappa shape index (κ1) is 16.3. The Balaban J connectivity index is 1.83. The SMILES string of the molecule is CCc1cc(-c2c[nH]c3ncc(-c4cnn(C(C)C)c4)cc23)nc(N)n1. The number of nitrogens with zero attached hydrogens (tertiary/aromatic N) is 5. The minimum Gasteiger partial charge on any atom is -0.368 e. The second-order valence-corrected chi connectivity index (χ2v) is 6.58. The summed E-state index contributed by atoms with van der Waals surface area (Å²) in [5.74, 6) is 0.288. The van der Waals surface area contributed by atoms with Crippen LogP contribution in [0.5, 0.6) is 0 Å². The average Bonchev–Trinajstić information content (AvgIpc) is 3.27. The maximum atomic E-state index is 5.88. The Labute approximate surface area is 151 Å². The summed E-state index contributed by atoms with van der Waals surface area (Å²) in [5.41, 5.74) is 11.4. The molecular weight excluding hydrogens is 326 g/mol. The van der Waals surface area contributed by atoms with Gasteiger partial charge in [0, 0.05) is 52.4 Å². The van der Waals surface area contributed by atoms with E-state index in [1.807, 2.05) is 42.5 Å². The van der Waals surface area contributed by atoms with Gasteiger partial charge in [0.2, 0.25) is 5.95 Å². The fraction of sp³-hybridized carbons (Fsp3) is 0.263. The van der Waals surface area contributed by atoms with E-state index in [4.69, 9.17) is 5.73 Å². The lowest BCUT2D eigenvalue weighted by Crippen LogP contribution is -2.00. The van der Waals surface area contributed by atoms with Gasteiger partial charge in [-0.3, -0.25) is 4.68 Å². The zero-order chi connectivity index (χ0) is 18.3. The van der Waals surface area contributed by atoms with Crippen molar-refractivity contribution >= 4 is 17.0 Å². The molecule has 0 saturated carbocycles. The Morgan fingerprint density at radius 2 is 2.00 bits per heavy atom. The lowest BCUT2D eigenvalue weighted by molar-refractivity contribution is 0.532. The van der Waals surface area contributed by atoms with Crippen LogP contribution in [0.15, 0.2) is 36.9 Å². The van der Waals surface area contributed by atoms with Crippen molar-refractivity contribution in [2.24, 2.45) is 0 Å². The minimum atomic E-state index is 0.288. The van der Waals surface area contributed by atoms with Crippen LogP contribution in [0.4, 0.5) is 5.95 Å². The van der Waals surface area contributed by atoms with Gasteiger partial charge < -0.3 is 10.7 Å². The largest absolute Gasteiger partial charge is 0.368 e. The number of nitrogen functional groups attached to an aromatic ring is 1. The third-order valence-corrected chi connectivity index (χ3v) is 4.43. The highest BCUT2D eigenvalue weighted by molar-refractivity contribution is 5.95. The number of hydrogen-bond donors (Lipinski definition) is 2. The van der Waals surface area contributed by atoms with E-state index >= 15 is 0 Å². The van der Waals surface area contributed by atoms with E-state index in [-0.39, 0.29) is 5.95 Å². The molecule has 3 N–H and O–H groups in total. The fourth-order valence-corrected chi connectivity index (χ4v) is 2.98. The van der Waals surface area contributed by atoms with Crippen LogP contribution in [-0.2, 0) is 6.42 Å². The molecule has 4 rings (SSSR count). The third-order valence-electron chi connectivity index (χ3n) is 4.43. The molecule has 4 aromatic rings. The summed E-state index contributed by atoms with van der Waals surface area (Å²) in [7, 11) is 0. The van der Waals surface area contributed by atoms with Crippen molar-refractivity contribution in [3.05, 3.63) is 42.6 Å². The highest BCUT2D eigenvalue weighted by Gasteiger charge is 2.13. The molecular formula is C19H21N7. The Hall–Kier alpha value is -3.22. The average molecular weight is 347 g/mol. The minimum absolute atomic E-state index is 0.288. The number of rotatable bonds is 4. The van der Waals surface area contributed by atoms with E-state index in [2.05, 4.69) is 44.9 Å². The number of anilines is 1. The van der Waals surface area contributed by atoms with Gasteiger partial charge in [0.1, 0.15) is 5.65 Å². The second kappa shape index (κ2) is 6.25. The molecule has 0 amide bonds. The van der Waals surface area contributed by atoms with Crippen molar-refractivity contribution in [3.8, 4) is 22.4 Å². The lowest BCUT2D eigenvalue weighted by atomic mass is 10.1. The molecule has 0 aliphatic heterocycles. The van der Waals surface area contributed by atoms with Crippen molar-refractivity contribution < 1.29 is 0 Å². The van der Waals surface area contributed by atoms with Gasteiger partial charge >= 0.3 is 0 Å². The van der Waals surface area contributed by atoms with Crippen molar-refractivity contribution in [2.45, 2.75) is 33.2 Å². The molecule has 0 spiro atoms. The summed E-state index contributed by atoms with van der Waals surface area (Å²) < 4.78 is 1.94. The number of fused-ring (bicyclic) bond motifs is 1. The Morgan fingerprint density at radius 1 is 1.15 bits per heavy atom. The van der Waals surface area contributed by atoms with Gasteiger partial charge in [0.05, 0.1) is 11.9 Å². The molecule has 132 valence electrons. The number of aryl methyl sites for hydroxylation is 1. The van der Waals surface area contributed by atoms with Gasteiger partial charge in [-0.25, -0.2) is 15.0 Å². The van der Waals surface area contributed by atoms with Gasteiger partial charge in [-0.05, 0) is 32.4 Å². The van der Waals surface area contributed by atoms with Crippen LogP contribution in [0.1, 0.15) is 32.5 Å². The van der Waals surface area contributed by atoms with Crippen LogP contribution in [0, 0.1) is 0 Å². The van der Waals surface area contributed by atoms with Gasteiger partial charge in [0.25, 0.3) is 0 Å². The first-order valence-corrected chi connectivity index (χ1v) is 8.70. The molecule has 7 heteroatoms. The van der Waals surface area contributed by atoms with E-state index in [9.17, 15) is 0 Å². The van der Waals surface area contributed by atoms with Gasteiger partial charge in [-0.1, -0.05) is 6.92 Å². The molecule has 7 nitrogen and oxygen atoms in total. The zero-order valence-electron chi connectivity index (χ0n) is 15.1. The summed E-state index contributed by atoms with van der Waals surface area (Å²) in [4.78, 5) is 16.4. The van der Waals surface area contributed by atoms with Crippen LogP contribution >= 0.6 is 0 Å². The molecule has 0 aliphatic rings. The molecule has 0 atom stereocenters. The topological polar surface area (TPSA) is 98.3 Å². The molecule has 0 aromatic carbocycles. The van der Waals surface area contributed by atoms with E-state index in [0.29, 0.717) is 6.04 Å². The third kappa shape index (κ3) is 2.81. The van der Waals surface area contributed by atoms with Crippen molar-refractivity contribution in [1.82, 2.24) is 29.7 Å². The monoisotopic (exact) mass is 347 g/mol. The molecule has 0 saturated heterocycles. The van der Waals surface area contributed by atoms with Gasteiger partial charge in [-0.15, -0.1) is 0 Å². The van der Waals surface area contributed by atoms with Crippen LogP contribution in [-0.4, -0.2) is 29.7 Å². The van der Waals surface area contributed by atoms with Crippen LogP contribution < -0.4 is 5.73 Å². The van der Waals surface area contributed by atoms with E-state index in [0.717, 1.165) is 45.5 Å². The van der Waals surface area contributed by atoms with Crippen molar-refractivity contribution in [1.29, 1.82) is 0 Å². The first-order valence-electron chi connectivity index (χ1n) is 8.70. The Morgan fingerprint density at radius 3 is 2.73 bits per heavy atom. The molecule has 4 heterocycles. The summed E-state index contributed by atoms with van der Waals surface area (Å²) >= 11 is 0. The Bertz CT molecular complexity index is 1070. The number of hydrogen-bond acceptors (Lipinski definition) is 5. The van der Waals surface area contributed by atoms with Crippen LogP contribution in [0.3, 0.4) is 0 Å². The summed E-state index contributed by atoms with van der Waals surface area (Å²) in [6.07, 6.45) is 8.49. The predicted octanol–water partition coefficient (Wildman–Crippen LogP) is 3.61. The molecule has 0 aliphatic carbocycles. The van der Waals surface area contributed by atoms with E-state index in [1.165, 1.54) is 0 Å². The molecule has 0 bridgehead atoms. The van der Waals surface area contributed by atoms with Gasteiger partial charge in [0.15, 0.2) is 0 Å². The number of pyridine rings is 1. The molecule has 0 fully saturated rings. The second-order valence-electron chi connectivity index (χ2n) is 6.58. The maximum Gasteiger partial charge on any atom is 0.220 e. The smallest absolute Gasteiger partial charge is 0.220 e. The summed E-state index contributed by atoms with van der Waals surface area (Å²) in [5, 5.41) is 5.42. The number of nitrogens with one attached hydrogen (secondary N) is 1. The predicted molar refractivity (Wildman–Crippen MR) is 103 cm³/mol.